The fraction of sp³-hybridized carbons (Fsp3) is 0.0952. The predicted octanol–water partition coefficient (Wildman–Crippen LogP) is 4.65. The fourth-order valence-corrected chi connectivity index (χ4v) is 3.13. The third-order valence-electron chi connectivity index (χ3n) is 4.24. The van der Waals surface area contributed by atoms with Crippen molar-refractivity contribution in [3.05, 3.63) is 84.4 Å². The third-order valence-corrected chi connectivity index (χ3v) is 4.24. The van der Waals surface area contributed by atoms with Gasteiger partial charge in [0.25, 0.3) is 0 Å². The molecule has 24 heavy (non-hydrogen) atoms. The molecule has 0 saturated carbocycles. The lowest BCUT2D eigenvalue weighted by molar-refractivity contribution is 0.0493. The summed E-state index contributed by atoms with van der Waals surface area (Å²) in [6, 6.07) is 25.7. The molecule has 0 N–H and O–H groups in total. The van der Waals surface area contributed by atoms with Gasteiger partial charge in [0.2, 0.25) is 0 Å². The lowest BCUT2D eigenvalue weighted by Crippen LogP contribution is -2.11. The number of aromatic nitrogens is 1. The van der Waals surface area contributed by atoms with Gasteiger partial charge in [0.15, 0.2) is 0 Å². The summed E-state index contributed by atoms with van der Waals surface area (Å²) in [5.41, 5.74) is 2.91. The minimum absolute atomic E-state index is 0.281. The summed E-state index contributed by atoms with van der Waals surface area (Å²) in [5, 5.41) is 2.45. The molecule has 0 unspecified atom stereocenters. The maximum atomic E-state index is 12.1. The molecule has 1 aromatic heterocycles. The van der Waals surface area contributed by atoms with Crippen LogP contribution < -0.4 is 0 Å². The van der Waals surface area contributed by atoms with Gasteiger partial charge in [-0.2, -0.15) is 0 Å². The molecule has 4 aromatic rings. The predicted molar refractivity (Wildman–Crippen MR) is 96.2 cm³/mol. The molecule has 0 aliphatic carbocycles. The molecule has 0 aliphatic heterocycles. The second-order valence-corrected chi connectivity index (χ2v) is 5.69. The van der Waals surface area contributed by atoms with Gasteiger partial charge in [-0.1, -0.05) is 54.6 Å². The van der Waals surface area contributed by atoms with Gasteiger partial charge in [-0.15, -0.1) is 0 Å². The van der Waals surface area contributed by atoms with Crippen molar-refractivity contribution in [2.24, 2.45) is 0 Å². The zero-order valence-corrected chi connectivity index (χ0v) is 13.2. The fourth-order valence-electron chi connectivity index (χ4n) is 3.13. The number of esters is 1. The lowest BCUT2D eigenvalue weighted by Gasteiger charge is -2.08. The van der Waals surface area contributed by atoms with E-state index in [1.54, 1.807) is 12.1 Å². The molecule has 3 heteroatoms. The van der Waals surface area contributed by atoms with Crippen LogP contribution in [-0.2, 0) is 11.3 Å². The van der Waals surface area contributed by atoms with Gasteiger partial charge in [-0.25, -0.2) is 4.79 Å². The van der Waals surface area contributed by atoms with Crippen molar-refractivity contribution >= 4 is 27.8 Å². The Morgan fingerprint density at radius 2 is 1.29 bits per heavy atom. The summed E-state index contributed by atoms with van der Waals surface area (Å²) in [5.74, 6) is -0.281. The number of hydrogen-bond donors (Lipinski definition) is 0. The minimum atomic E-state index is -0.281. The van der Waals surface area contributed by atoms with Crippen LogP contribution in [0.4, 0.5) is 0 Å². The Morgan fingerprint density at radius 1 is 0.750 bits per heavy atom. The average Bonchev–Trinajstić information content (AvgIpc) is 2.97. The van der Waals surface area contributed by atoms with Crippen LogP contribution in [0.15, 0.2) is 78.9 Å². The van der Waals surface area contributed by atoms with Crippen LogP contribution in [0.5, 0.6) is 0 Å². The Bertz CT molecular complexity index is 949. The minimum Gasteiger partial charge on any atom is -0.460 e. The first-order valence-electron chi connectivity index (χ1n) is 8.03. The van der Waals surface area contributed by atoms with Gasteiger partial charge in [0, 0.05) is 21.8 Å². The van der Waals surface area contributed by atoms with Gasteiger partial charge in [-0.05, 0) is 24.3 Å². The Hall–Kier alpha value is -3.07. The van der Waals surface area contributed by atoms with Crippen LogP contribution in [0.1, 0.15) is 10.4 Å². The van der Waals surface area contributed by atoms with Gasteiger partial charge in [0.1, 0.15) is 6.61 Å². The van der Waals surface area contributed by atoms with E-state index in [9.17, 15) is 4.79 Å². The van der Waals surface area contributed by atoms with Crippen LogP contribution in [-0.4, -0.2) is 17.1 Å². The largest absolute Gasteiger partial charge is 0.460 e. The van der Waals surface area contributed by atoms with Crippen LogP contribution in [0.3, 0.4) is 0 Å². The van der Waals surface area contributed by atoms with Crippen molar-refractivity contribution in [3.63, 3.8) is 0 Å². The van der Waals surface area contributed by atoms with E-state index in [-0.39, 0.29) is 5.97 Å². The highest BCUT2D eigenvalue weighted by Crippen LogP contribution is 2.28. The molecule has 0 radical (unpaired) electrons. The van der Waals surface area contributed by atoms with Crippen molar-refractivity contribution < 1.29 is 9.53 Å². The zero-order valence-electron chi connectivity index (χ0n) is 13.2. The molecule has 0 spiro atoms. The van der Waals surface area contributed by atoms with Crippen molar-refractivity contribution in [1.29, 1.82) is 0 Å². The Labute approximate surface area is 140 Å². The molecule has 0 fully saturated rings. The van der Waals surface area contributed by atoms with Crippen LogP contribution in [0, 0.1) is 0 Å². The van der Waals surface area contributed by atoms with Gasteiger partial charge >= 0.3 is 5.97 Å². The van der Waals surface area contributed by atoms with E-state index in [4.69, 9.17) is 4.74 Å². The molecule has 0 aliphatic rings. The third kappa shape index (κ3) is 2.54. The van der Waals surface area contributed by atoms with E-state index >= 15 is 0 Å². The maximum Gasteiger partial charge on any atom is 0.338 e. The van der Waals surface area contributed by atoms with Gasteiger partial charge < -0.3 is 9.30 Å². The molecule has 0 bridgehead atoms. The summed E-state index contributed by atoms with van der Waals surface area (Å²) in [6.45, 7) is 0.975. The molecule has 0 saturated heterocycles. The number of nitrogens with zero attached hydrogens (tertiary/aromatic N) is 1. The quantitative estimate of drug-likeness (QED) is 0.513. The van der Waals surface area contributed by atoms with Crippen molar-refractivity contribution in [2.45, 2.75) is 6.54 Å². The molecule has 4 rings (SSSR count). The number of carbonyl (C=O) groups is 1. The maximum absolute atomic E-state index is 12.1. The Morgan fingerprint density at radius 3 is 1.92 bits per heavy atom. The highest BCUT2D eigenvalue weighted by molar-refractivity contribution is 6.07. The van der Waals surface area contributed by atoms with E-state index in [0.29, 0.717) is 18.7 Å². The van der Waals surface area contributed by atoms with Crippen molar-refractivity contribution in [3.8, 4) is 0 Å². The van der Waals surface area contributed by atoms with Gasteiger partial charge in [-0.3, -0.25) is 0 Å². The standard InChI is InChI=1S/C21H17NO2/c23-21(16-8-2-1-3-9-16)24-15-14-22-19-12-6-4-10-17(19)18-11-5-7-13-20(18)22/h1-13H,14-15H2. The normalized spacial score (nSPS) is 11.0. The highest BCUT2D eigenvalue weighted by Gasteiger charge is 2.10. The summed E-state index contributed by atoms with van der Waals surface area (Å²) in [6.07, 6.45) is 0. The van der Waals surface area contributed by atoms with E-state index in [1.807, 2.05) is 30.3 Å². The Kier molecular flexibility index (Phi) is 3.75. The number of ether oxygens (including phenoxy) is 1. The molecule has 0 atom stereocenters. The van der Waals surface area contributed by atoms with E-state index in [0.717, 1.165) is 11.0 Å². The number of para-hydroxylation sites is 2. The first-order chi connectivity index (χ1) is 11.8. The summed E-state index contributed by atoms with van der Waals surface area (Å²) in [7, 11) is 0. The van der Waals surface area contributed by atoms with Crippen LogP contribution in [0.2, 0.25) is 0 Å². The highest BCUT2D eigenvalue weighted by atomic mass is 16.5. The second kappa shape index (κ2) is 6.20. The van der Waals surface area contributed by atoms with E-state index < -0.39 is 0 Å². The molecular formula is C21H17NO2. The number of carbonyl (C=O) groups excluding carboxylic acids is 1. The van der Waals surface area contributed by atoms with Crippen molar-refractivity contribution in [2.75, 3.05) is 6.61 Å². The van der Waals surface area contributed by atoms with Crippen molar-refractivity contribution in [1.82, 2.24) is 4.57 Å². The molecule has 118 valence electrons. The van der Waals surface area contributed by atoms with E-state index in [1.165, 1.54) is 10.8 Å². The topological polar surface area (TPSA) is 31.2 Å². The zero-order chi connectivity index (χ0) is 16.4. The number of fused-ring (bicyclic) bond motifs is 3. The number of rotatable bonds is 4. The molecular weight excluding hydrogens is 298 g/mol. The molecule has 1 heterocycles. The van der Waals surface area contributed by atoms with Crippen LogP contribution in [0.25, 0.3) is 21.8 Å². The van der Waals surface area contributed by atoms with Gasteiger partial charge in [0.05, 0.1) is 12.1 Å². The molecule has 3 nitrogen and oxygen atoms in total. The monoisotopic (exact) mass is 315 g/mol. The first-order valence-corrected chi connectivity index (χ1v) is 8.03. The average molecular weight is 315 g/mol. The lowest BCUT2D eigenvalue weighted by atomic mass is 10.2. The summed E-state index contributed by atoms with van der Waals surface area (Å²) < 4.78 is 7.65. The number of benzene rings is 3. The second-order valence-electron chi connectivity index (χ2n) is 5.69. The number of hydrogen-bond acceptors (Lipinski definition) is 2. The molecule has 0 amide bonds. The molecule has 3 aromatic carbocycles. The first kappa shape index (κ1) is 14.5. The summed E-state index contributed by atoms with van der Waals surface area (Å²) >= 11 is 0. The SMILES string of the molecule is O=C(OCCn1c2ccccc2c2ccccc21)c1ccccc1. The summed E-state index contributed by atoms with van der Waals surface area (Å²) in [4.78, 5) is 12.1. The Balaban J connectivity index is 1.59. The smallest absolute Gasteiger partial charge is 0.338 e. The van der Waals surface area contributed by atoms with Crippen LogP contribution >= 0.6 is 0 Å². The van der Waals surface area contributed by atoms with E-state index in [2.05, 4.69) is 41.0 Å².